The van der Waals surface area contributed by atoms with Gasteiger partial charge in [0.15, 0.2) is 0 Å². The normalized spacial score (nSPS) is 18.4. The van der Waals surface area contributed by atoms with Gasteiger partial charge in [0.05, 0.1) is 5.69 Å². The molecule has 0 amide bonds. The fourth-order valence-corrected chi connectivity index (χ4v) is 1.29. The van der Waals surface area contributed by atoms with Gasteiger partial charge in [-0.15, -0.1) is 0 Å². The lowest BCUT2D eigenvalue weighted by molar-refractivity contribution is 0.436. The van der Waals surface area contributed by atoms with E-state index in [9.17, 15) is 0 Å². The van der Waals surface area contributed by atoms with Crippen LogP contribution >= 0.6 is 0 Å². The van der Waals surface area contributed by atoms with Crippen LogP contribution in [-0.2, 0) is 7.05 Å². The lowest BCUT2D eigenvalue weighted by atomic mass is 9.99. The Hall–Kier alpha value is -0.830. The van der Waals surface area contributed by atoms with Crippen molar-refractivity contribution < 1.29 is 0 Å². The van der Waals surface area contributed by atoms with Crippen molar-refractivity contribution in [3.05, 3.63) is 17.5 Å². The van der Waals surface area contributed by atoms with E-state index >= 15 is 0 Å². The number of aryl methyl sites for hydroxylation is 2. The molecule has 1 aliphatic rings. The van der Waals surface area contributed by atoms with Crippen molar-refractivity contribution in [3.8, 4) is 0 Å². The molecule has 0 radical (unpaired) electrons. The van der Waals surface area contributed by atoms with Crippen LogP contribution in [0.5, 0.6) is 0 Å². The summed E-state index contributed by atoms with van der Waals surface area (Å²) in [4.78, 5) is 0. The van der Waals surface area contributed by atoms with E-state index in [2.05, 4.69) is 23.4 Å². The quantitative estimate of drug-likeness (QED) is 0.630. The lowest BCUT2D eigenvalue weighted by Crippen LogP contribution is -2.40. The summed E-state index contributed by atoms with van der Waals surface area (Å²) in [6.45, 7) is 4.27. The van der Waals surface area contributed by atoms with Crippen molar-refractivity contribution in [2.45, 2.75) is 12.8 Å². The maximum atomic E-state index is 4.41. The fraction of sp³-hybridized carbons (Fsp3) is 0.625. The zero-order chi connectivity index (χ0) is 7.84. The third kappa shape index (κ3) is 1.05. The molecule has 11 heavy (non-hydrogen) atoms. The molecule has 60 valence electrons. The van der Waals surface area contributed by atoms with E-state index in [1.807, 2.05) is 11.7 Å². The molecule has 3 nitrogen and oxygen atoms in total. The molecule has 2 heterocycles. The summed E-state index contributed by atoms with van der Waals surface area (Å²) in [7, 11) is 1.99. The van der Waals surface area contributed by atoms with Crippen LogP contribution in [0, 0.1) is 6.92 Å². The van der Waals surface area contributed by atoms with Crippen molar-refractivity contribution in [3.63, 3.8) is 0 Å². The molecule has 0 spiro atoms. The van der Waals surface area contributed by atoms with Crippen LogP contribution in [0.4, 0.5) is 0 Å². The van der Waals surface area contributed by atoms with Crippen molar-refractivity contribution >= 4 is 0 Å². The van der Waals surface area contributed by atoms with Gasteiger partial charge in [-0.2, -0.15) is 5.10 Å². The first kappa shape index (κ1) is 6.85. The number of hydrogen-bond acceptors (Lipinski definition) is 2. The molecule has 0 atom stereocenters. The van der Waals surface area contributed by atoms with E-state index in [1.165, 1.54) is 11.4 Å². The molecular formula is C8H13N3. The van der Waals surface area contributed by atoms with Crippen LogP contribution in [-0.4, -0.2) is 22.9 Å². The van der Waals surface area contributed by atoms with Gasteiger partial charge in [0.25, 0.3) is 0 Å². The molecule has 0 bridgehead atoms. The first-order valence-electron chi connectivity index (χ1n) is 3.98. The second-order valence-electron chi connectivity index (χ2n) is 3.19. The average molecular weight is 151 g/mol. The molecule has 1 aliphatic heterocycles. The van der Waals surface area contributed by atoms with Gasteiger partial charge in [0, 0.05) is 31.7 Å². The zero-order valence-corrected chi connectivity index (χ0v) is 6.96. The van der Waals surface area contributed by atoms with Crippen LogP contribution in [0.15, 0.2) is 6.07 Å². The first-order valence-corrected chi connectivity index (χ1v) is 3.98. The summed E-state index contributed by atoms with van der Waals surface area (Å²) in [6.07, 6.45) is 0. The topological polar surface area (TPSA) is 29.9 Å². The number of rotatable bonds is 1. The van der Waals surface area contributed by atoms with Gasteiger partial charge in [0.1, 0.15) is 0 Å². The molecule has 0 aliphatic carbocycles. The molecule has 1 saturated heterocycles. The number of nitrogens with one attached hydrogen (secondary N) is 1. The van der Waals surface area contributed by atoms with Gasteiger partial charge in [-0.3, -0.25) is 4.68 Å². The fourth-order valence-electron chi connectivity index (χ4n) is 1.29. The maximum Gasteiger partial charge on any atom is 0.0683 e. The number of hydrogen-bond donors (Lipinski definition) is 1. The van der Waals surface area contributed by atoms with Crippen LogP contribution < -0.4 is 5.32 Å². The third-order valence-electron chi connectivity index (χ3n) is 2.33. The molecular weight excluding hydrogens is 138 g/mol. The van der Waals surface area contributed by atoms with Crippen LogP contribution in [0.3, 0.4) is 0 Å². The lowest BCUT2D eigenvalue weighted by Gasteiger charge is -2.24. The van der Waals surface area contributed by atoms with Gasteiger partial charge in [-0.25, -0.2) is 0 Å². The molecule has 1 aromatic heterocycles. The van der Waals surface area contributed by atoms with Gasteiger partial charge >= 0.3 is 0 Å². The minimum atomic E-state index is 0.662. The summed E-state index contributed by atoms with van der Waals surface area (Å²) in [6, 6.07) is 2.17. The highest BCUT2D eigenvalue weighted by atomic mass is 15.3. The zero-order valence-electron chi connectivity index (χ0n) is 6.96. The van der Waals surface area contributed by atoms with Crippen LogP contribution in [0.2, 0.25) is 0 Å². The Morgan fingerprint density at radius 2 is 2.36 bits per heavy atom. The van der Waals surface area contributed by atoms with E-state index in [0.29, 0.717) is 5.92 Å². The standard InChI is InChI=1S/C8H13N3/c1-6-3-8(10-11(6)2)7-4-9-5-7/h3,7,9H,4-5H2,1-2H3. The van der Waals surface area contributed by atoms with Gasteiger partial charge < -0.3 is 5.32 Å². The molecule has 1 aromatic rings. The minimum absolute atomic E-state index is 0.662. The van der Waals surface area contributed by atoms with E-state index in [1.54, 1.807) is 0 Å². The maximum absolute atomic E-state index is 4.41. The highest BCUT2D eigenvalue weighted by molar-refractivity contribution is 5.16. The first-order chi connectivity index (χ1) is 5.27. The van der Waals surface area contributed by atoms with Gasteiger partial charge in [-0.1, -0.05) is 0 Å². The average Bonchev–Trinajstić information content (AvgIpc) is 2.08. The highest BCUT2D eigenvalue weighted by Gasteiger charge is 2.21. The number of nitrogens with zero attached hydrogens (tertiary/aromatic N) is 2. The number of aromatic nitrogens is 2. The van der Waals surface area contributed by atoms with E-state index < -0.39 is 0 Å². The summed E-state index contributed by atoms with van der Waals surface area (Å²) in [5.74, 6) is 0.662. The Morgan fingerprint density at radius 1 is 1.64 bits per heavy atom. The molecule has 1 fully saturated rings. The van der Waals surface area contributed by atoms with Crippen molar-refractivity contribution in [2.75, 3.05) is 13.1 Å². The molecule has 0 unspecified atom stereocenters. The second kappa shape index (κ2) is 2.34. The Morgan fingerprint density at radius 3 is 2.73 bits per heavy atom. The van der Waals surface area contributed by atoms with Gasteiger partial charge in [0.2, 0.25) is 0 Å². The minimum Gasteiger partial charge on any atom is -0.315 e. The predicted octanol–water partition coefficient (Wildman–Crippen LogP) is 0.415. The Balaban J connectivity index is 2.24. The van der Waals surface area contributed by atoms with E-state index in [-0.39, 0.29) is 0 Å². The van der Waals surface area contributed by atoms with Crippen molar-refractivity contribution in [1.82, 2.24) is 15.1 Å². The smallest absolute Gasteiger partial charge is 0.0683 e. The van der Waals surface area contributed by atoms with E-state index in [0.717, 1.165) is 13.1 Å². The molecule has 0 saturated carbocycles. The van der Waals surface area contributed by atoms with Crippen molar-refractivity contribution in [1.29, 1.82) is 0 Å². The Bertz CT molecular complexity index is 241. The highest BCUT2D eigenvalue weighted by Crippen LogP contribution is 2.18. The monoisotopic (exact) mass is 151 g/mol. The molecule has 2 rings (SSSR count). The largest absolute Gasteiger partial charge is 0.315 e. The SMILES string of the molecule is Cc1cc(C2CNC2)nn1C. The molecule has 0 aromatic carbocycles. The summed E-state index contributed by atoms with van der Waals surface area (Å²) < 4.78 is 1.94. The van der Waals surface area contributed by atoms with Crippen LogP contribution in [0.25, 0.3) is 0 Å². The summed E-state index contributed by atoms with van der Waals surface area (Å²) in [5, 5.41) is 7.65. The third-order valence-corrected chi connectivity index (χ3v) is 2.33. The Labute approximate surface area is 66.4 Å². The van der Waals surface area contributed by atoms with E-state index in [4.69, 9.17) is 0 Å². The summed E-state index contributed by atoms with van der Waals surface area (Å²) in [5.41, 5.74) is 2.48. The molecule has 3 heteroatoms. The van der Waals surface area contributed by atoms with Gasteiger partial charge in [-0.05, 0) is 13.0 Å². The molecule has 1 N–H and O–H groups in total. The Kier molecular flexibility index (Phi) is 1.46. The summed E-state index contributed by atoms with van der Waals surface area (Å²) >= 11 is 0. The second-order valence-corrected chi connectivity index (χ2v) is 3.19. The van der Waals surface area contributed by atoms with Crippen molar-refractivity contribution in [2.24, 2.45) is 7.05 Å². The van der Waals surface area contributed by atoms with Crippen LogP contribution in [0.1, 0.15) is 17.3 Å². The predicted molar refractivity (Wildman–Crippen MR) is 43.6 cm³/mol.